The standard InChI is InChI=1S/C7H11NO3/c1-3-4-6(10)7(8-11)5(2)9/h11H,3-4H2,1-2H3. The van der Waals surface area contributed by atoms with Gasteiger partial charge in [0.25, 0.3) is 0 Å². The predicted octanol–water partition coefficient (Wildman–Crippen LogP) is 0.775. The lowest BCUT2D eigenvalue weighted by Gasteiger charge is -1.95. The highest BCUT2D eigenvalue weighted by Gasteiger charge is 2.15. The first-order valence-electron chi connectivity index (χ1n) is 3.39. The van der Waals surface area contributed by atoms with E-state index in [0.29, 0.717) is 6.42 Å². The Morgan fingerprint density at radius 3 is 2.27 bits per heavy atom. The van der Waals surface area contributed by atoms with E-state index in [1.807, 2.05) is 6.92 Å². The van der Waals surface area contributed by atoms with Crippen LogP contribution >= 0.6 is 0 Å². The fourth-order valence-corrected chi connectivity index (χ4v) is 0.668. The molecule has 0 bridgehead atoms. The molecule has 0 aliphatic rings. The van der Waals surface area contributed by atoms with Gasteiger partial charge < -0.3 is 5.21 Å². The topological polar surface area (TPSA) is 66.7 Å². The third-order valence-corrected chi connectivity index (χ3v) is 1.17. The Kier molecular flexibility index (Phi) is 4.10. The molecular formula is C7H11NO3. The molecule has 4 nitrogen and oxygen atoms in total. The number of carbonyl (C=O) groups is 2. The Balaban J connectivity index is 4.29. The van der Waals surface area contributed by atoms with Gasteiger partial charge in [-0.05, 0) is 6.42 Å². The fraction of sp³-hybridized carbons (Fsp3) is 0.571. The highest BCUT2D eigenvalue weighted by Crippen LogP contribution is 1.93. The highest BCUT2D eigenvalue weighted by molar-refractivity contribution is 6.65. The monoisotopic (exact) mass is 157 g/mol. The van der Waals surface area contributed by atoms with Gasteiger partial charge in [-0.15, -0.1) is 0 Å². The maximum Gasteiger partial charge on any atom is 0.188 e. The van der Waals surface area contributed by atoms with Crippen LogP contribution < -0.4 is 0 Å². The van der Waals surface area contributed by atoms with Gasteiger partial charge in [0.05, 0.1) is 0 Å². The molecule has 0 heterocycles. The van der Waals surface area contributed by atoms with E-state index in [2.05, 4.69) is 5.16 Å². The van der Waals surface area contributed by atoms with Crippen molar-refractivity contribution >= 4 is 17.3 Å². The Morgan fingerprint density at radius 2 is 2.00 bits per heavy atom. The zero-order valence-corrected chi connectivity index (χ0v) is 6.63. The summed E-state index contributed by atoms with van der Waals surface area (Å²) in [5.74, 6) is -0.895. The molecule has 0 saturated carbocycles. The van der Waals surface area contributed by atoms with Crippen LogP contribution in [0.1, 0.15) is 26.7 Å². The van der Waals surface area contributed by atoms with Crippen LogP contribution in [-0.2, 0) is 9.59 Å². The van der Waals surface area contributed by atoms with Crippen molar-refractivity contribution in [1.29, 1.82) is 0 Å². The Labute approximate surface area is 64.9 Å². The molecule has 0 aromatic rings. The molecule has 4 heteroatoms. The minimum absolute atomic E-state index is 0.249. The molecule has 0 spiro atoms. The summed E-state index contributed by atoms with van der Waals surface area (Å²) in [7, 11) is 0. The van der Waals surface area contributed by atoms with Crippen LogP contribution in [0.2, 0.25) is 0 Å². The summed E-state index contributed by atoms with van der Waals surface area (Å²) in [6, 6.07) is 0. The van der Waals surface area contributed by atoms with Gasteiger partial charge >= 0.3 is 0 Å². The van der Waals surface area contributed by atoms with Crippen molar-refractivity contribution < 1.29 is 14.8 Å². The minimum atomic E-state index is -0.494. The molecule has 0 aromatic heterocycles. The first-order valence-corrected chi connectivity index (χ1v) is 3.39. The molecule has 11 heavy (non-hydrogen) atoms. The number of Topliss-reactive ketones (excluding diaryl/α,β-unsaturated/α-hetero) is 2. The predicted molar refractivity (Wildman–Crippen MR) is 39.8 cm³/mol. The average molecular weight is 157 g/mol. The van der Waals surface area contributed by atoms with Crippen LogP contribution in [0, 0.1) is 0 Å². The summed E-state index contributed by atoms with van der Waals surface area (Å²) < 4.78 is 0. The van der Waals surface area contributed by atoms with Crippen molar-refractivity contribution in [3.63, 3.8) is 0 Å². The molecular weight excluding hydrogens is 146 g/mol. The van der Waals surface area contributed by atoms with Gasteiger partial charge in [0.1, 0.15) is 0 Å². The molecule has 0 aliphatic heterocycles. The molecule has 0 aromatic carbocycles. The lowest BCUT2D eigenvalue weighted by Crippen LogP contribution is -2.21. The van der Waals surface area contributed by atoms with E-state index in [4.69, 9.17) is 5.21 Å². The molecule has 0 amide bonds. The first kappa shape index (κ1) is 9.81. The molecule has 0 radical (unpaired) electrons. The number of ketones is 2. The van der Waals surface area contributed by atoms with E-state index in [1.54, 1.807) is 0 Å². The van der Waals surface area contributed by atoms with Crippen molar-refractivity contribution in [2.75, 3.05) is 0 Å². The largest absolute Gasteiger partial charge is 0.410 e. The van der Waals surface area contributed by atoms with Gasteiger partial charge in [-0.25, -0.2) is 0 Å². The smallest absolute Gasteiger partial charge is 0.188 e. The number of oxime groups is 1. The van der Waals surface area contributed by atoms with Crippen LogP contribution in [0.3, 0.4) is 0 Å². The molecule has 0 fully saturated rings. The van der Waals surface area contributed by atoms with Gasteiger partial charge in [0.2, 0.25) is 0 Å². The van der Waals surface area contributed by atoms with Crippen molar-refractivity contribution in [3.8, 4) is 0 Å². The number of nitrogens with zero attached hydrogens (tertiary/aromatic N) is 1. The van der Waals surface area contributed by atoms with Crippen LogP contribution in [0.4, 0.5) is 0 Å². The van der Waals surface area contributed by atoms with Gasteiger partial charge in [0, 0.05) is 13.3 Å². The van der Waals surface area contributed by atoms with Crippen molar-refractivity contribution in [2.45, 2.75) is 26.7 Å². The summed E-state index contributed by atoms with van der Waals surface area (Å²) in [5, 5.41) is 10.9. The summed E-state index contributed by atoms with van der Waals surface area (Å²) in [6.07, 6.45) is 0.893. The first-order chi connectivity index (χ1) is 5.13. The van der Waals surface area contributed by atoms with E-state index < -0.39 is 11.6 Å². The van der Waals surface area contributed by atoms with Gasteiger partial charge in [-0.1, -0.05) is 12.1 Å². The van der Waals surface area contributed by atoms with E-state index in [1.165, 1.54) is 6.92 Å². The Hall–Kier alpha value is -1.19. The summed E-state index contributed by atoms with van der Waals surface area (Å²) in [6.45, 7) is 3.01. The van der Waals surface area contributed by atoms with Crippen LogP contribution in [0.5, 0.6) is 0 Å². The fourth-order valence-electron chi connectivity index (χ4n) is 0.668. The summed E-state index contributed by atoms with van der Waals surface area (Å²) in [4.78, 5) is 21.5. The highest BCUT2D eigenvalue weighted by atomic mass is 16.4. The molecule has 0 rings (SSSR count). The van der Waals surface area contributed by atoms with E-state index in [0.717, 1.165) is 0 Å². The van der Waals surface area contributed by atoms with Crippen molar-refractivity contribution in [2.24, 2.45) is 5.16 Å². The van der Waals surface area contributed by atoms with Crippen LogP contribution in [0.25, 0.3) is 0 Å². The van der Waals surface area contributed by atoms with E-state index in [-0.39, 0.29) is 12.1 Å². The van der Waals surface area contributed by atoms with E-state index in [9.17, 15) is 9.59 Å². The lowest BCUT2D eigenvalue weighted by molar-refractivity contribution is -0.116. The second-order valence-electron chi connectivity index (χ2n) is 2.18. The lowest BCUT2D eigenvalue weighted by atomic mass is 10.1. The van der Waals surface area contributed by atoms with Crippen molar-refractivity contribution in [3.05, 3.63) is 0 Å². The number of carbonyl (C=O) groups excluding carboxylic acids is 2. The Bertz CT molecular complexity index is 196. The Morgan fingerprint density at radius 1 is 1.45 bits per heavy atom. The second kappa shape index (κ2) is 4.60. The number of hydrogen-bond acceptors (Lipinski definition) is 4. The summed E-state index contributed by atoms with van der Waals surface area (Å²) in [5.41, 5.74) is -0.355. The minimum Gasteiger partial charge on any atom is -0.410 e. The van der Waals surface area contributed by atoms with Gasteiger partial charge in [0.15, 0.2) is 17.3 Å². The maximum absolute atomic E-state index is 10.9. The molecule has 0 unspecified atom stereocenters. The molecule has 0 saturated heterocycles. The third kappa shape index (κ3) is 2.93. The second-order valence-corrected chi connectivity index (χ2v) is 2.18. The zero-order valence-electron chi connectivity index (χ0n) is 6.63. The molecule has 0 atom stereocenters. The normalized spacial score (nSPS) is 11.3. The van der Waals surface area contributed by atoms with Crippen LogP contribution in [-0.4, -0.2) is 22.5 Å². The third-order valence-electron chi connectivity index (χ3n) is 1.17. The zero-order chi connectivity index (χ0) is 8.85. The van der Waals surface area contributed by atoms with Crippen molar-refractivity contribution in [1.82, 2.24) is 0 Å². The molecule has 62 valence electrons. The quantitative estimate of drug-likeness (QED) is 0.284. The number of rotatable bonds is 4. The van der Waals surface area contributed by atoms with E-state index >= 15 is 0 Å². The summed E-state index contributed by atoms with van der Waals surface area (Å²) >= 11 is 0. The SMILES string of the molecule is CCCC(=O)C(=NO)C(C)=O. The average Bonchev–Trinajstić information content (AvgIpc) is 1.88. The molecule has 1 N–H and O–H groups in total. The van der Waals surface area contributed by atoms with Gasteiger partial charge in [-0.2, -0.15) is 0 Å². The van der Waals surface area contributed by atoms with Gasteiger partial charge in [-0.3, -0.25) is 9.59 Å². The maximum atomic E-state index is 10.9. The molecule has 0 aliphatic carbocycles. The van der Waals surface area contributed by atoms with Crippen LogP contribution in [0.15, 0.2) is 5.16 Å². The number of hydrogen-bond donors (Lipinski definition) is 1.